The number of alkyl halides is 3. The Morgan fingerprint density at radius 2 is 1.87 bits per heavy atom. The van der Waals surface area contributed by atoms with Crippen LogP contribution in [-0.4, -0.2) is 22.2 Å². The molecular formula is C14H13F3IN3OS. The number of anilines is 1. The molecule has 1 amide bonds. The molecule has 4 nitrogen and oxygen atoms in total. The van der Waals surface area contributed by atoms with Gasteiger partial charge in [-0.2, -0.15) is 31.8 Å². The average Bonchev–Trinajstić information content (AvgIpc) is 2.85. The summed E-state index contributed by atoms with van der Waals surface area (Å²) in [5.41, 5.74) is 0.195. The predicted octanol–water partition coefficient (Wildman–Crippen LogP) is 3.84. The highest BCUT2D eigenvalue weighted by Gasteiger charge is 2.34. The van der Waals surface area contributed by atoms with Crippen LogP contribution >= 0.6 is 36.1 Å². The molecule has 0 radical (unpaired) electrons. The second-order valence-corrected chi connectivity index (χ2v) is 6.26. The number of fused-ring (bicyclic) bond motifs is 1. The Morgan fingerprint density at radius 1 is 1.26 bits per heavy atom. The first-order chi connectivity index (χ1) is 10.3. The number of rotatable bonds is 1. The van der Waals surface area contributed by atoms with Crippen molar-refractivity contribution in [3.05, 3.63) is 45.3 Å². The maximum atomic E-state index is 12.6. The van der Waals surface area contributed by atoms with Crippen molar-refractivity contribution in [1.29, 1.82) is 0 Å². The normalized spacial score (nSPS) is 17.7. The fraction of sp³-hybridized carbons (Fsp3) is 0.286. The first-order valence-corrected chi connectivity index (χ1v) is 7.59. The summed E-state index contributed by atoms with van der Waals surface area (Å²) in [4.78, 5) is 14.1. The van der Waals surface area contributed by atoms with Crippen LogP contribution in [0.15, 0.2) is 30.5 Å². The largest absolute Gasteiger partial charge is 0.416 e. The number of carbonyl (C=O) groups excluding carboxylic acids is 1. The Bertz CT molecular complexity index is 730. The number of carbonyl (C=O) groups is 1. The van der Waals surface area contributed by atoms with Gasteiger partial charge in [0, 0.05) is 12.2 Å². The van der Waals surface area contributed by atoms with E-state index in [2.05, 4.69) is 5.10 Å². The Labute approximate surface area is 151 Å². The minimum Gasteiger partial charge on any atom is -0.305 e. The van der Waals surface area contributed by atoms with E-state index < -0.39 is 11.7 Å². The average molecular weight is 455 g/mol. The summed E-state index contributed by atoms with van der Waals surface area (Å²) in [6.07, 6.45) is -2.77. The summed E-state index contributed by atoms with van der Waals surface area (Å²) in [6.45, 7) is 2.28. The number of amides is 1. The number of halogens is 4. The Kier molecular flexibility index (Phi) is 5.00. The van der Waals surface area contributed by atoms with Crippen LogP contribution in [0.1, 0.15) is 29.0 Å². The number of hydrogen-bond donors (Lipinski definition) is 0. The lowest BCUT2D eigenvalue weighted by atomic mass is 10.1. The van der Waals surface area contributed by atoms with Crippen LogP contribution in [0.3, 0.4) is 0 Å². The quantitative estimate of drug-likeness (QED) is 0.614. The molecular weight excluding hydrogens is 442 g/mol. The van der Waals surface area contributed by atoms with Crippen molar-refractivity contribution in [3.8, 4) is 0 Å². The molecule has 1 aliphatic heterocycles. The van der Waals surface area contributed by atoms with E-state index in [0.717, 1.165) is 15.7 Å². The number of hydrogen-bond acceptors (Lipinski definition) is 2. The van der Waals surface area contributed by atoms with Gasteiger partial charge >= 0.3 is 6.18 Å². The van der Waals surface area contributed by atoms with Gasteiger partial charge in [-0.25, -0.2) is 0 Å². The van der Waals surface area contributed by atoms with Gasteiger partial charge in [-0.1, -0.05) is 0 Å². The number of aromatic nitrogens is 2. The Hall–Kier alpha value is -1.23. The zero-order chi connectivity index (χ0) is 16.1. The molecule has 0 spiro atoms. The van der Waals surface area contributed by atoms with Gasteiger partial charge in [-0.15, -0.1) is 0 Å². The fourth-order valence-corrected chi connectivity index (χ4v) is 3.08. The summed E-state index contributed by atoms with van der Waals surface area (Å²) in [7, 11) is 0. The van der Waals surface area contributed by atoms with E-state index in [0.29, 0.717) is 17.9 Å². The molecule has 0 aliphatic carbocycles. The van der Waals surface area contributed by atoms with Gasteiger partial charge in [0.2, 0.25) is 0 Å². The van der Waals surface area contributed by atoms with Crippen molar-refractivity contribution in [2.24, 2.45) is 0 Å². The van der Waals surface area contributed by atoms with E-state index in [1.807, 2.05) is 29.5 Å². The van der Waals surface area contributed by atoms with Gasteiger partial charge in [0.25, 0.3) is 5.91 Å². The van der Waals surface area contributed by atoms with Gasteiger partial charge in [0.05, 0.1) is 21.4 Å². The van der Waals surface area contributed by atoms with Gasteiger partial charge in [-0.3, -0.25) is 9.48 Å². The van der Waals surface area contributed by atoms with E-state index in [9.17, 15) is 18.0 Å². The first-order valence-electron chi connectivity index (χ1n) is 6.51. The molecule has 0 bridgehead atoms. The maximum Gasteiger partial charge on any atom is 0.416 e. The van der Waals surface area contributed by atoms with Crippen molar-refractivity contribution in [2.45, 2.75) is 19.1 Å². The van der Waals surface area contributed by atoms with Crippen LogP contribution in [0.25, 0.3) is 0 Å². The van der Waals surface area contributed by atoms with Crippen molar-refractivity contribution in [3.63, 3.8) is 0 Å². The minimum absolute atomic E-state index is 0. The smallest absolute Gasteiger partial charge is 0.305 e. The third-order valence-corrected chi connectivity index (χ3v) is 4.36. The Morgan fingerprint density at radius 3 is 2.43 bits per heavy atom. The summed E-state index contributed by atoms with van der Waals surface area (Å²) in [5, 5.41) is 4.18. The van der Waals surface area contributed by atoms with Crippen LogP contribution in [-0.2, 0) is 6.18 Å². The molecule has 0 unspecified atom stereocenters. The van der Waals surface area contributed by atoms with Gasteiger partial charge in [-0.05, 0) is 53.8 Å². The molecule has 2 heterocycles. The molecule has 1 aromatic carbocycles. The lowest BCUT2D eigenvalue weighted by Crippen LogP contribution is -2.43. The highest BCUT2D eigenvalue weighted by atomic mass is 127. The highest BCUT2D eigenvalue weighted by Crippen LogP contribution is 2.32. The third kappa shape index (κ3) is 3.21. The fourth-order valence-electron chi connectivity index (χ4n) is 2.48. The van der Waals surface area contributed by atoms with Crippen LogP contribution in [0.4, 0.5) is 18.9 Å². The van der Waals surface area contributed by atoms with Crippen molar-refractivity contribution < 1.29 is 18.0 Å². The van der Waals surface area contributed by atoms with Crippen LogP contribution in [0, 0.1) is 3.57 Å². The van der Waals surface area contributed by atoms with Crippen molar-refractivity contribution >= 4 is 47.7 Å². The summed E-state index contributed by atoms with van der Waals surface area (Å²) < 4.78 is 40.2. The lowest BCUT2D eigenvalue weighted by molar-refractivity contribution is -0.137. The standard InChI is InChI=1S/C14H11F3IN3O.H2S/c1-8-7-20(13(22)12-11(18)6-19-21(8)12)10-4-2-9(3-5-10)14(15,16)17;/h2-6,8H,7H2,1H3;1H2/t8-;/m0./s1. The summed E-state index contributed by atoms with van der Waals surface area (Å²) in [6, 6.07) is 4.59. The summed E-state index contributed by atoms with van der Waals surface area (Å²) >= 11 is 2.03. The van der Waals surface area contributed by atoms with Crippen LogP contribution < -0.4 is 4.90 Å². The molecule has 1 aliphatic rings. The molecule has 23 heavy (non-hydrogen) atoms. The molecule has 0 N–H and O–H groups in total. The second kappa shape index (κ2) is 6.34. The molecule has 9 heteroatoms. The van der Waals surface area contributed by atoms with E-state index >= 15 is 0 Å². The van der Waals surface area contributed by atoms with Crippen LogP contribution in [0.5, 0.6) is 0 Å². The van der Waals surface area contributed by atoms with Gasteiger partial charge in [0.1, 0.15) is 5.69 Å². The molecule has 3 rings (SSSR count). The van der Waals surface area contributed by atoms with E-state index in [4.69, 9.17) is 0 Å². The van der Waals surface area contributed by atoms with Crippen molar-refractivity contribution in [2.75, 3.05) is 11.4 Å². The molecule has 0 fully saturated rings. The van der Waals surface area contributed by atoms with E-state index in [1.165, 1.54) is 17.0 Å². The van der Waals surface area contributed by atoms with Crippen LogP contribution in [0.2, 0.25) is 0 Å². The Balaban J connectivity index is 0.00000192. The number of nitrogens with zero attached hydrogens (tertiary/aromatic N) is 3. The topological polar surface area (TPSA) is 38.1 Å². The molecule has 1 aromatic heterocycles. The number of benzene rings is 1. The van der Waals surface area contributed by atoms with E-state index in [1.54, 1.807) is 10.9 Å². The lowest BCUT2D eigenvalue weighted by Gasteiger charge is -2.32. The molecule has 0 saturated heterocycles. The second-order valence-electron chi connectivity index (χ2n) is 5.10. The van der Waals surface area contributed by atoms with Crippen molar-refractivity contribution in [1.82, 2.24) is 9.78 Å². The summed E-state index contributed by atoms with van der Waals surface area (Å²) in [5.74, 6) is -0.250. The third-order valence-electron chi connectivity index (χ3n) is 3.57. The SMILES string of the molecule is C[C@H]1CN(c2ccc(C(F)(F)F)cc2)C(=O)c2c(I)cnn21.S. The minimum atomic E-state index is -4.38. The molecule has 124 valence electrons. The molecule has 0 saturated carbocycles. The molecule has 1 atom stereocenters. The highest BCUT2D eigenvalue weighted by molar-refractivity contribution is 14.1. The predicted molar refractivity (Wildman–Crippen MR) is 93.2 cm³/mol. The van der Waals surface area contributed by atoms with E-state index in [-0.39, 0.29) is 25.4 Å². The zero-order valence-corrected chi connectivity index (χ0v) is 15.1. The molecule has 2 aromatic rings. The zero-order valence-electron chi connectivity index (χ0n) is 11.9. The first kappa shape index (κ1) is 18.1. The monoisotopic (exact) mass is 455 g/mol. The maximum absolute atomic E-state index is 12.6. The van der Waals surface area contributed by atoms with Gasteiger partial charge < -0.3 is 4.90 Å². The van der Waals surface area contributed by atoms with Gasteiger partial charge in [0.15, 0.2) is 0 Å².